The number of hydrogen-bond acceptors (Lipinski definition) is 3. The largest absolute Gasteiger partial charge is 0.409 e. The van der Waals surface area contributed by atoms with E-state index in [9.17, 15) is 13.2 Å². The van der Waals surface area contributed by atoms with Crippen molar-refractivity contribution in [2.45, 2.75) is 25.4 Å². The second-order valence-electron chi connectivity index (χ2n) is 4.64. The van der Waals surface area contributed by atoms with Crippen molar-refractivity contribution in [1.82, 2.24) is 4.90 Å². The van der Waals surface area contributed by atoms with Crippen molar-refractivity contribution in [3.63, 3.8) is 0 Å². The van der Waals surface area contributed by atoms with Gasteiger partial charge in [0.05, 0.1) is 0 Å². The average Bonchev–Trinajstić information content (AvgIpc) is 2.17. The standard InChI is InChI=1S/C10H18F3N3O/c1-16(5-7-3-2-4-7)6-8(9(14)15-17)10(11,12)13/h7-8,17H,2-6H2,1H3,(H2,14,15). The fraction of sp³-hybridized carbons (Fsp3) is 0.900. The molecule has 1 unspecified atom stereocenters. The number of rotatable bonds is 5. The van der Waals surface area contributed by atoms with Gasteiger partial charge in [-0.25, -0.2) is 0 Å². The summed E-state index contributed by atoms with van der Waals surface area (Å²) in [5.41, 5.74) is 5.08. The highest BCUT2D eigenvalue weighted by molar-refractivity contribution is 5.83. The molecule has 0 saturated heterocycles. The lowest BCUT2D eigenvalue weighted by atomic mass is 9.85. The molecular weight excluding hydrogens is 235 g/mol. The summed E-state index contributed by atoms with van der Waals surface area (Å²) in [6.45, 7) is 0.362. The molecule has 0 aromatic rings. The first-order valence-electron chi connectivity index (χ1n) is 5.57. The smallest absolute Gasteiger partial charge is 0.400 e. The van der Waals surface area contributed by atoms with Crippen molar-refractivity contribution in [2.24, 2.45) is 22.7 Å². The van der Waals surface area contributed by atoms with Crippen molar-refractivity contribution >= 4 is 5.84 Å². The summed E-state index contributed by atoms with van der Waals surface area (Å²) < 4.78 is 38.0. The van der Waals surface area contributed by atoms with E-state index < -0.39 is 17.9 Å². The Morgan fingerprint density at radius 3 is 2.47 bits per heavy atom. The first-order valence-corrected chi connectivity index (χ1v) is 5.57. The Hall–Kier alpha value is -0.980. The molecule has 0 spiro atoms. The lowest BCUT2D eigenvalue weighted by Gasteiger charge is -2.32. The third-order valence-corrected chi connectivity index (χ3v) is 3.16. The van der Waals surface area contributed by atoms with Gasteiger partial charge in [0.1, 0.15) is 5.92 Å². The van der Waals surface area contributed by atoms with Crippen LogP contribution in [-0.2, 0) is 0 Å². The van der Waals surface area contributed by atoms with Gasteiger partial charge in [-0.15, -0.1) is 0 Å². The number of nitrogens with two attached hydrogens (primary N) is 1. The van der Waals surface area contributed by atoms with Gasteiger partial charge in [-0.2, -0.15) is 13.2 Å². The summed E-state index contributed by atoms with van der Waals surface area (Å²) in [7, 11) is 1.63. The van der Waals surface area contributed by atoms with Gasteiger partial charge in [-0.3, -0.25) is 0 Å². The number of alkyl halides is 3. The van der Waals surface area contributed by atoms with E-state index >= 15 is 0 Å². The van der Waals surface area contributed by atoms with Gasteiger partial charge in [0.25, 0.3) is 0 Å². The summed E-state index contributed by atoms with van der Waals surface area (Å²) in [5.74, 6) is -2.20. The second-order valence-corrected chi connectivity index (χ2v) is 4.64. The fourth-order valence-electron chi connectivity index (χ4n) is 1.94. The fourth-order valence-corrected chi connectivity index (χ4v) is 1.94. The predicted octanol–water partition coefficient (Wildman–Crippen LogP) is 1.64. The van der Waals surface area contributed by atoms with E-state index in [1.165, 1.54) is 0 Å². The molecule has 1 aliphatic carbocycles. The summed E-state index contributed by atoms with van der Waals surface area (Å²) >= 11 is 0. The molecule has 4 nitrogen and oxygen atoms in total. The van der Waals surface area contributed by atoms with Crippen LogP contribution in [0, 0.1) is 11.8 Å². The quantitative estimate of drug-likeness (QED) is 0.339. The van der Waals surface area contributed by atoms with Crippen molar-refractivity contribution in [2.75, 3.05) is 20.1 Å². The molecule has 1 atom stereocenters. The molecule has 3 N–H and O–H groups in total. The Balaban J connectivity index is 2.53. The molecule has 7 heteroatoms. The van der Waals surface area contributed by atoms with E-state index in [4.69, 9.17) is 10.9 Å². The Morgan fingerprint density at radius 2 is 2.12 bits per heavy atom. The predicted molar refractivity (Wildman–Crippen MR) is 57.8 cm³/mol. The van der Waals surface area contributed by atoms with Gasteiger partial charge in [0.2, 0.25) is 0 Å². The average molecular weight is 253 g/mol. The number of nitrogens with zero attached hydrogens (tertiary/aromatic N) is 2. The molecule has 1 saturated carbocycles. The van der Waals surface area contributed by atoms with Crippen LogP contribution in [0.15, 0.2) is 5.16 Å². The zero-order chi connectivity index (χ0) is 13.1. The highest BCUT2D eigenvalue weighted by atomic mass is 19.4. The third kappa shape index (κ3) is 4.07. The van der Waals surface area contributed by atoms with Gasteiger partial charge in [0.15, 0.2) is 5.84 Å². The minimum atomic E-state index is -4.48. The van der Waals surface area contributed by atoms with Crippen LogP contribution in [0.25, 0.3) is 0 Å². The van der Waals surface area contributed by atoms with Gasteiger partial charge in [0, 0.05) is 13.1 Å². The van der Waals surface area contributed by atoms with Gasteiger partial charge >= 0.3 is 6.18 Å². The van der Waals surface area contributed by atoms with E-state index in [-0.39, 0.29) is 6.54 Å². The summed E-state index contributed by atoms with van der Waals surface area (Å²) in [5, 5.41) is 10.8. The third-order valence-electron chi connectivity index (χ3n) is 3.16. The molecule has 1 aliphatic rings. The number of halogens is 3. The normalized spacial score (nSPS) is 20.4. The van der Waals surface area contributed by atoms with E-state index in [1.807, 2.05) is 0 Å². The van der Waals surface area contributed by atoms with Gasteiger partial charge in [-0.05, 0) is 25.8 Å². The van der Waals surface area contributed by atoms with E-state index in [2.05, 4.69) is 5.16 Å². The summed E-state index contributed by atoms with van der Waals surface area (Å²) in [4.78, 5) is 1.60. The van der Waals surface area contributed by atoms with Crippen LogP contribution in [0.2, 0.25) is 0 Å². The van der Waals surface area contributed by atoms with Crippen molar-refractivity contribution in [1.29, 1.82) is 0 Å². The van der Waals surface area contributed by atoms with Crippen LogP contribution in [0.3, 0.4) is 0 Å². The lowest BCUT2D eigenvalue weighted by molar-refractivity contribution is -0.160. The molecular formula is C10H18F3N3O. The first kappa shape index (κ1) is 14.1. The lowest BCUT2D eigenvalue weighted by Crippen LogP contribution is -2.44. The van der Waals surface area contributed by atoms with E-state index in [0.29, 0.717) is 12.5 Å². The monoisotopic (exact) mass is 253 g/mol. The molecule has 0 bridgehead atoms. The Bertz CT molecular complexity index is 276. The minimum Gasteiger partial charge on any atom is -0.409 e. The molecule has 0 aromatic heterocycles. The van der Waals surface area contributed by atoms with E-state index in [0.717, 1.165) is 19.3 Å². The zero-order valence-electron chi connectivity index (χ0n) is 9.74. The van der Waals surface area contributed by atoms with Crippen molar-refractivity contribution in [3.8, 4) is 0 Å². The summed E-state index contributed by atoms with van der Waals surface area (Å²) in [6.07, 6.45) is -1.18. The van der Waals surface area contributed by atoms with Crippen molar-refractivity contribution < 1.29 is 18.4 Å². The number of hydrogen-bond donors (Lipinski definition) is 2. The first-order chi connectivity index (χ1) is 7.84. The second kappa shape index (κ2) is 5.57. The van der Waals surface area contributed by atoms with Crippen LogP contribution in [0.1, 0.15) is 19.3 Å². The number of oxime groups is 1. The van der Waals surface area contributed by atoms with Gasteiger partial charge < -0.3 is 15.8 Å². The minimum absolute atomic E-state index is 0.268. The van der Waals surface area contributed by atoms with Crippen LogP contribution >= 0.6 is 0 Å². The maximum absolute atomic E-state index is 12.7. The Kier molecular flexibility index (Phi) is 4.62. The molecule has 1 fully saturated rings. The highest BCUT2D eigenvalue weighted by Gasteiger charge is 2.43. The van der Waals surface area contributed by atoms with Crippen LogP contribution < -0.4 is 5.73 Å². The molecule has 100 valence electrons. The number of amidine groups is 1. The SMILES string of the molecule is CN(CC1CCC1)CC(C(N)=NO)C(F)(F)F. The Labute approximate surface area is 98.3 Å². The van der Waals surface area contributed by atoms with E-state index in [1.54, 1.807) is 11.9 Å². The maximum Gasteiger partial charge on any atom is 0.400 e. The topological polar surface area (TPSA) is 61.8 Å². The molecule has 1 rings (SSSR count). The molecule has 17 heavy (non-hydrogen) atoms. The van der Waals surface area contributed by atoms with Gasteiger partial charge in [-0.1, -0.05) is 11.6 Å². The maximum atomic E-state index is 12.7. The molecule has 0 heterocycles. The zero-order valence-corrected chi connectivity index (χ0v) is 9.74. The molecule has 0 aromatic carbocycles. The molecule has 0 amide bonds. The molecule has 0 radical (unpaired) electrons. The van der Waals surface area contributed by atoms with Crippen molar-refractivity contribution in [3.05, 3.63) is 0 Å². The summed E-state index contributed by atoms with van der Waals surface area (Å²) in [6, 6.07) is 0. The van der Waals surface area contributed by atoms with Crippen LogP contribution in [0.4, 0.5) is 13.2 Å². The molecule has 0 aliphatic heterocycles. The highest BCUT2D eigenvalue weighted by Crippen LogP contribution is 2.29. The van der Waals surface area contributed by atoms with Crippen LogP contribution in [-0.4, -0.2) is 42.3 Å². The van der Waals surface area contributed by atoms with Crippen LogP contribution in [0.5, 0.6) is 0 Å². The Morgan fingerprint density at radius 1 is 1.53 bits per heavy atom.